The molecule has 3 aliphatic rings. The van der Waals surface area contributed by atoms with Crippen LogP contribution in [-0.2, 0) is 6.42 Å². The van der Waals surface area contributed by atoms with Gasteiger partial charge >= 0.3 is 6.18 Å². The molecule has 0 aliphatic heterocycles. The van der Waals surface area contributed by atoms with Crippen LogP contribution in [0.4, 0.5) is 17.6 Å². The SMILES string of the molecule is CNC(=O)c1c(-c2ccc(F)cc2)oc2cc(CCC(F)(F)F)c(-c3cnc(OC)c(C(=O)NC45CC(C4)C5)c3)cc12. The van der Waals surface area contributed by atoms with E-state index in [1.807, 2.05) is 0 Å². The molecular weight excluding hydrogens is 554 g/mol. The lowest BCUT2D eigenvalue weighted by Crippen LogP contribution is -2.68. The number of ether oxygens (including phenoxy) is 1. The Labute approximate surface area is 238 Å². The number of carbonyl (C=O) groups excluding carboxylic acids is 2. The number of benzene rings is 2. The Morgan fingerprint density at radius 2 is 1.79 bits per heavy atom. The zero-order chi connectivity index (χ0) is 29.8. The molecule has 0 saturated heterocycles. The van der Waals surface area contributed by atoms with E-state index in [-0.39, 0.29) is 46.2 Å². The summed E-state index contributed by atoms with van der Waals surface area (Å²) in [4.78, 5) is 30.7. The number of nitrogens with zero attached hydrogens (tertiary/aromatic N) is 1. The van der Waals surface area contributed by atoms with Crippen LogP contribution < -0.4 is 15.4 Å². The molecule has 0 atom stereocenters. The number of amides is 2. The molecule has 42 heavy (non-hydrogen) atoms. The molecule has 2 amide bonds. The molecule has 0 radical (unpaired) electrons. The molecule has 11 heteroatoms. The third kappa shape index (κ3) is 4.97. The smallest absolute Gasteiger partial charge is 0.389 e. The normalized spacial score (nSPS) is 19.1. The first kappa shape index (κ1) is 27.7. The highest BCUT2D eigenvalue weighted by Crippen LogP contribution is 2.57. The molecule has 7 rings (SSSR count). The average Bonchev–Trinajstić information content (AvgIpc) is 3.30. The van der Waals surface area contributed by atoms with Crippen molar-refractivity contribution in [3.63, 3.8) is 0 Å². The van der Waals surface area contributed by atoms with Crippen molar-refractivity contribution in [2.75, 3.05) is 14.2 Å². The van der Waals surface area contributed by atoms with Gasteiger partial charge in [-0.1, -0.05) is 0 Å². The number of furan rings is 1. The predicted octanol–water partition coefficient (Wildman–Crippen LogP) is 6.45. The second-order valence-corrected chi connectivity index (χ2v) is 11.0. The van der Waals surface area contributed by atoms with E-state index >= 15 is 0 Å². The van der Waals surface area contributed by atoms with E-state index < -0.39 is 24.3 Å². The van der Waals surface area contributed by atoms with E-state index in [9.17, 15) is 27.2 Å². The molecule has 0 spiro atoms. The number of carbonyl (C=O) groups is 2. The molecule has 4 aromatic rings. The molecule has 2 bridgehead atoms. The van der Waals surface area contributed by atoms with Crippen LogP contribution >= 0.6 is 0 Å². The fourth-order valence-corrected chi connectivity index (χ4v) is 5.96. The van der Waals surface area contributed by atoms with Crippen molar-refractivity contribution < 1.29 is 36.3 Å². The first-order valence-corrected chi connectivity index (χ1v) is 13.5. The minimum Gasteiger partial charge on any atom is -0.480 e. The number of aromatic nitrogens is 1. The Hall–Kier alpha value is -4.41. The van der Waals surface area contributed by atoms with Gasteiger partial charge < -0.3 is 19.8 Å². The van der Waals surface area contributed by atoms with E-state index in [1.165, 1.54) is 50.7 Å². The quantitative estimate of drug-likeness (QED) is 0.234. The molecular formula is C31H27F4N3O4. The van der Waals surface area contributed by atoms with Crippen LogP contribution in [0.1, 0.15) is 52.0 Å². The maximum absolute atomic E-state index is 13.6. The first-order chi connectivity index (χ1) is 20.0. The number of hydrogen-bond acceptors (Lipinski definition) is 5. The summed E-state index contributed by atoms with van der Waals surface area (Å²) >= 11 is 0. The Bertz CT molecular complexity index is 1700. The third-order valence-electron chi connectivity index (χ3n) is 8.17. The second-order valence-electron chi connectivity index (χ2n) is 11.0. The molecule has 3 saturated carbocycles. The molecule has 2 aromatic heterocycles. The molecule has 2 N–H and O–H groups in total. The topological polar surface area (TPSA) is 93.5 Å². The summed E-state index contributed by atoms with van der Waals surface area (Å²) in [5.74, 6) is -0.458. The summed E-state index contributed by atoms with van der Waals surface area (Å²) < 4.78 is 65.0. The maximum Gasteiger partial charge on any atom is 0.389 e. The van der Waals surface area contributed by atoms with Gasteiger partial charge in [-0.25, -0.2) is 9.37 Å². The first-order valence-electron chi connectivity index (χ1n) is 13.5. The summed E-state index contributed by atoms with van der Waals surface area (Å²) in [6.45, 7) is 0. The van der Waals surface area contributed by atoms with Gasteiger partial charge in [-0.05, 0) is 85.2 Å². The predicted molar refractivity (Wildman–Crippen MR) is 147 cm³/mol. The number of alkyl halides is 3. The van der Waals surface area contributed by atoms with Gasteiger partial charge in [-0.15, -0.1) is 0 Å². The highest BCUT2D eigenvalue weighted by Gasteiger charge is 2.57. The van der Waals surface area contributed by atoms with Crippen LogP contribution in [0.2, 0.25) is 0 Å². The molecule has 3 aliphatic carbocycles. The van der Waals surface area contributed by atoms with E-state index in [0.29, 0.717) is 33.6 Å². The molecule has 218 valence electrons. The van der Waals surface area contributed by atoms with Crippen LogP contribution in [0.3, 0.4) is 0 Å². The summed E-state index contributed by atoms with van der Waals surface area (Å²) in [5, 5.41) is 5.99. The highest BCUT2D eigenvalue weighted by atomic mass is 19.4. The fraction of sp³-hybridized carbons (Fsp3) is 0.323. The lowest BCUT2D eigenvalue weighted by atomic mass is 9.50. The van der Waals surface area contributed by atoms with Crippen LogP contribution in [0, 0.1) is 11.7 Å². The Balaban J connectivity index is 1.51. The Morgan fingerprint density at radius 3 is 2.38 bits per heavy atom. The van der Waals surface area contributed by atoms with Gasteiger partial charge in [0.1, 0.15) is 22.7 Å². The summed E-state index contributed by atoms with van der Waals surface area (Å²) in [5.41, 5.74) is 1.73. The number of aryl methyl sites for hydroxylation is 1. The van der Waals surface area contributed by atoms with E-state index in [1.54, 1.807) is 12.1 Å². The van der Waals surface area contributed by atoms with Gasteiger partial charge in [0.15, 0.2) is 0 Å². The summed E-state index contributed by atoms with van der Waals surface area (Å²) in [6.07, 6.45) is -1.71. The van der Waals surface area contributed by atoms with Crippen molar-refractivity contribution in [2.24, 2.45) is 5.92 Å². The highest BCUT2D eigenvalue weighted by molar-refractivity contribution is 6.12. The number of nitrogens with one attached hydrogen (secondary N) is 2. The fourth-order valence-electron chi connectivity index (χ4n) is 5.96. The number of hydrogen-bond donors (Lipinski definition) is 2. The zero-order valence-electron chi connectivity index (χ0n) is 22.8. The number of fused-ring (bicyclic) bond motifs is 1. The number of methoxy groups -OCH3 is 1. The summed E-state index contributed by atoms with van der Waals surface area (Å²) in [6, 6.07) is 9.95. The van der Waals surface area contributed by atoms with Gasteiger partial charge in [0.05, 0.1) is 12.7 Å². The van der Waals surface area contributed by atoms with Crippen LogP contribution in [0.25, 0.3) is 33.4 Å². The zero-order valence-corrected chi connectivity index (χ0v) is 22.8. The van der Waals surface area contributed by atoms with Crippen LogP contribution in [0.5, 0.6) is 5.88 Å². The molecule has 0 unspecified atom stereocenters. The standard InChI is InChI=1S/C31H27F4N3O4/c1-36-28(40)25-22-11-21(19-9-23(29(41-2)37-15-19)27(39)38-30-12-16(13-30)14-30)18(7-8-31(33,34)35)10-24(22)42-26(25)17-3-5-20(32)6-4-17/h3-6,9-11,15-16H,7-8,12-14H2,1-2H3,(H,36,40)(H,38,39). The number of halogens is 4. The van der Waals surface area contributed by atoms with Crippen molar-refractivity contribution in [3.8, 4) is 28.3 Å². The monoisotopic (exact) mass is 581 g/mol. The maximum atomic E-state index is 13.6. The van der Waals surface area contributed by atoms with Crippen molar-refractivity contribution in [1.82, 2.24) is 15.6 Å². The van der Waals surface area contributed by atoms with Crippen LogP contribution in [-0.4, -0.2) is 42.7 Å². The van der Waals surface area contributed by atoms with Gasteiger partial charge in [0.25, 0.3) is 11.8 Å². The third-order valence-corrected chi connectivity index (χ3v) is 8.17. The van der Waals surface area contributed by atoms with Gasteiger partial charge in [0.2, 0.25) is 5.88 Å². The van der Waals surface area contributed by atoms with Crippen molar-refractivity contribution in [3.05, 3.63) is 71.2 Å². The van der Waals surface area contributed by atoms with Gasteiger partial charge in [-0.2, -0.15) is 13.2 Å². The minimum atomic E-state index is -4.42. The molecule has 3 fully saturated rings. The Kier molecular flexibility index (Phi) is 6.70. The van der Waals surface area contributed by atoms with Gasteiger partial charge in [-0.3, -0.25) is 9.59 Å². The lowest BCUT2D eigenvalue weighted by molar-refractivity contribution is -0.133. The largest absolute Gasteiger partial charge is 0.480 e. The number of rotatable bonds is 8. The Morgan fingerprint density at radius 1 is 1.07 bits per heavy atom. The second kappa shape index (κ2) is 10.1. The minimum absolute atomic E-state index is 0.0914. The number of pyridine rings is 1. The molecule has 7 nitrogen and oxygen atoms in total. The van der Waals surface area contributed by atoms with Crippen molar-refractivity contribution in [1.29, 1.82) is 0 Å². The van der Waals surface area contributed by atoms with Crippen LogP contribution in [0.15, 0.2) is 53.1 Å². The van der Waals surface area contributed by atoms with E-state index in [4.69, 9.17) is 9.15 Å². The molecule has 2 heterocycles. The van der Waals surface area contributed by atoms with Crippen molar-refractivity contribution >= 4 is 22.8 Å². The van der Waals surface area contributed by atoms with E-state index in [0.717, 1.165) is 19.3 Å². The average molecular weight is 582 g/mol. The van der Waals surface area contributed by atoms with E-state index in [2.05, 4.69) is 15.6 Å². The summed E-state index contributed by atoms with van der Waals surface area (Å²) in [7, 11) is 2.83. The van der Waals surface area contributed by atoms with Gasteiger partial charge in [0, 0.05) is 41.7 Å². The van der Waals surface area contributed by atoms with Crippen molar-refractivity contribution in [2.45, 2.75) is 43.8 Å². The lowest BCUT2D eigenvalue weighted by Gasteiger charge is -2.61. The molecule has 2 aromatic carbocycles.